The molecule has 10 rings (SSSR count). The van der Waals surface area contributed by atoms with Gasteiger partial charge in [0.2, 0.25) is 0 Å². The molecule has 0 N–H and O–H groups in total. The zero-order valence-corrected chi connectivity index (χ0v) is 39.2. The van der Waals surface area contributed by atoms with Crippen LogP contribution in [0.5, 0.6) is 0 Å². The van der Waals surface area contributed by atoms with E-state index in [2.05, 4.69) is 159 Å². The first-order valence-corrected chi connectivity index (χ1v) is 29.6. The molecule has 0 aliphatic heterocycles. The molecular formula is C54H56Cl2SiZr. The van der Waals surface area contributed by atoms with E-state index in [4.69, 9.17) is 17.0 Å². The van der Waals surface area contributed by atoms with Gasteiger partial charge in [-0.25, -0.2) is 0 Å². The third-order valence-electron chi connectivity index (χ3n) is 12.3. The standard InChI is InChI=1S/2C25H23.C4H10Si.2ClH.Zr/c2*1-2-8-18(7-1)15-19-16-21-11-6-14-24(25(21)17-19)23-13-5-10-20-9-3-4-12-22(20)23;1-3-4-5-2;;;/h2*3-6,9-14,16-18H,1-2,7-8,15H2;3-4H2,1-2H3;2*1H;/q2*-1;;;;+4/p-2. The summed E-state index contributed by atoms with van der Waals surface area (Å²) in [5.74, 6) is 1.80. The van der Waals surface area contributed by atoms with E-state index in [1.807, 2.05) is 0 Å². The van der Waals surface area contributed by atoms with Crippen LogP contribution in [-0.2, 0) is 33.7 Å². The minimum Gasteiger partial charge on any atom is -0.164 e. The van der Waals surface area contributed by atoms with Gasteiger partial charge in [-0.1, -0.05) is 185 Å². The van der Waals surface area contributed by atoms with Gasteiger partial charge >= 0.3 is 37.9 Å². The topological polar surface area (TPSA) is 0 Å². The molecule has 2 radical (unpaired) electrons. The maximum Gasteiger partial charge on any atom is -0.0114 e. The van der Waals surface area contributed by atoms with E-state index in [-0.39, 0.29) is 0 Å². The van der Waals surface area contributed by atoms with Crippen molar-refractivity contribution in [3.05, 3.63) is 157 Å². The van der Waals surface area contributed by atoms with Crippen LogP contribution in [-0.4, -0.2) is 9.52 Å². The Morgan fingerprint density at radius 3 is 1.26 bits per heavy atom. The van der Waals surface area contributed by atoms with Crippen molar-refractivity contribution in [1.82, 2.24) is 0 Å². The quantitative estimate of drug-likeness (QED) is 0.105. The summed E-state index contributed by atoms with van der Waals surface area (Å²) < 4.78 is 0. The molecule has 0 bridgehead atoms. The minimum atomic E-state index is -0.826. The molecule has 2 fully saturated rings. The predicted molar refractivity (Wildman–Crippen MR) is 255 cm³/mol. The molecule has 294 valence electrons. The van der Waals surface area contributed by atoms with E-state index in [0.717, 1.165) is 21.4 Å². The van der Waals surface area contributed by atoms with Gasteiger partial charge in [0.25, 0.3) is 0 Å². The van der Waals surface area contributed by atoms with E-state index in [1.165, 1.54) is 153 Å². The third kappa shape index (κ3) is 10.7. The second-order valence-corrected chi connectivity index (χ2v) is 21.2. The zero-order chi connectivity index (χ0) is 40.1. The molecule has 0 unspecified atom stereocenters. The molecule has 0 atom stereocenters. The van der Waals surface area contributed by atoms with Crippen molar-refractivity contribution in [3.63, 3.8) is 0 Å². The van der Waals surface area contributed by atoms with E-state index in [1.54, 1.807) is 0 Å². The fraction of sp³-hybridized carbons (Fsp3) is 0.296. The summed E-state index contributed by atoms with van der Waals surface area (Å²) >= 11 is -0.826. The van der Waals surface area contributed by atoms with E-state index in [0.29, 0.717) is 0 Å². The zero-order valence-electron chi connectivity index (χ0n) is 34.3. The first-order valence-electron chi connectivity index (χ1n) is 21.5. The smallest absolute Gasteiger partial charge is 0.0114 e. The number of fused-ring (bicyclic) bond motifs is 4. The molecule has 0 amide bonds. The van der Waals surface area contributed by atoms with Crippen LogP contribution in [0.3, 0.4) is 0 Å². The number of hydrogen-bond acceptors (Lipinski definition) is 0. The van der Waals surface area contributed by atoms with Crippen molar-refractivity contribution in [1.29, 1.82) is 0 Å². The maximum absolute atomic E-state index is 4.93. The van der Waals surface area contributed by atoms with E-state index >= 15 is 0 Å². The molecule has 0 spiro atoms. The van der Waals surface area contributed by atoms with E-state index < -0.39 is 20.8 Å². The van der Waals surface area contributed by atoms with Gasteiger partial charge in [0.1, 0.15) is 0 Å². The Labute approximate surface area is 368 Å². The molecule has 2 aliphatic rings. The second-order valence-electron chi connectivity index (χ2n) is 16.3. The van der Waals surface area contributed by atoms with Crippen LogP contribution >= 0.6 is 17.0 Å². The van der Waals surface area contributed by atoms with Gasteiger partial charge < -0.3 is 0 Å². The summed E-state index contributed by atoms with van der Waals surface area (Å²) in [5.41, 5.74) is 8.48. The minimum absolute atomic E-state index is 0.826. The third-order valence-corrected chi connectivity index (χ3v) is 13.3. The van der Waals surface area contributed by atoms with Gasteiger partial charge in [0.15, 0.2) is 0 Å². The SMILES string of the molecule is CCC[Si]C.[Cl][Zr+2][Cl].c1ccc2c(-c3cccc4[cH-]c(CC5CCCC5)cc34)cccc2c1.c1ccc2c(-c3cccc4[cH-]c(CC5CCCC5)cc34)cccc2c1. The van der Waals surface area contributed by atoms with Crippen LogP contribution in [0, 0.1) is 11.8 Å². The molecule has 8 aromatic carbocycles. The van der Waals surface area contributed by atoms with Crippen molar-refractivity contribution in [3.8, 4) is 22.3 Å². The van der Waals surface area contributed by atoms with Gasteiger partial charge in [0.05, 0.1) is 0 Å². The average Bonchev–Trinajstić information content (AvgIpc) is 4.10. The fourth-order valence-corrected chi connectivity index (χ4v) is 10.1. The molecule has 0 heterocycles. The van der Waals surface area contributed by atoms with Gasteiger partial charge in [-0.05, 0) is 57.3 Å². The van der Waals surface area contributed by atoms with E-state index in [9.17, 15) is 0 Å². The first kappa shape index (κ1) is 42.8. The molecule has 58 heavy (non-hydrogen) atoms. The Kier molecular flexibility index (Phi) is 16.1. The molecular weight excluding hydrogens is 839 g/mol. The summed E-state index contributed by atoms with van der Waals surface area (Å²) in [4.78, 5) is 0. The van der Waals surface area contributed by atoms with Gasteiger partial charge in [-0.3, -0.25) is 0 Å². The molecule has 2 saturated carbocycles. The summed E-state index contributed by atoms with van der Waals surface area (Å²) in [5, 5.41) is 10.9. The monoisotopic (exact) mass is 892 g/mol. The Hall–Kier alpha value is -3.26. The Morgan fingerprint density at radius 2 is 0.879 bits per heavy atom. The molecule has 0 nitrogen and oxygen atoms in total. The first-order chi connectivity index (χ1) is 28.6. The summed E-state index contributed by atoms with van der Waals surface area (Å²) in [6.45, 7) is 4.46. The Balaban J connectivity index is 0.000000150. The summed E-state index contributed by atoms with van der Waals surface area (Å²) in [6, 6.07) is 55.4. The van der Waals surface area contributed by atoms with Crippen molar-refractivity contribution in [2.24, 2.45) is 11.8 Å². The molecule has 4 heteroatoms. The Bertz CT molecular complexity index is 2310. The molecule has 8 aromatic rings. The van der Waals surface area contributed by atoms with Crippen LogP contribution in [0.25, 0.3) is 65.3 Å². The molecule has 0 saturated heterocycles. The second kappa shape index (κ2) is 21.8. The molecule has 2 aliphatic carbocycles. The summed E-state index contributed by atoms with van der Waals surface area (Å²) in [6.07, 6.45) is 15.2. The number of benzene rings is 6. The Morgan fingerprint density at radius 1 is 0.517 bits per heavy atom. The largest absolute Gasteiger partial charge is 0.164 e. The van der Waals surface area contributed by atoms with Gasteiger partial charge in [-0.2, -0.15) is 12.1 Å². The van der Waals surface area contributed by atoms with Crippen LogP contribution in [0.15, 0.2) is 146 Å². The number of halogens is 2. The van der Waals surface area contributed by atoms with Crippen LogP contribution in [0.1, 0.15) is 75.8 Å². The van der Waals surface area contributed by atoms with Gasteiger partial charge in [-0.15, -0.1) is 69.1 Å². The van der Waals surface area contributed by atoms with Crippen LogP contribution in [0.2, 0.25) is 12.6 Å². The van der Waals surface area contributed by atoms with Gasteiger partial charge in [0, 0.05) is 9.52 Å². The van der Waals surface area contributed by atoms with Crippen LogP contribution < -0.4 is 0 Å². The number of rotatable bonds is 8. The fourth-order valence-electron chi connectivity index (χ4n) is 9.57. The normalized spacial score (nSPS) is 14.1. The van der Waals surface area contributed by atoms with Crippen molar-refractivity contribution >= 4 is 69.6 Å². The number of hydrogen-bond donors (Lipinski definition) is 0. The molecule has 0 aromatic heterocycles. The van der Waals surface area contributed by atoms with Crippen molar-refractivity contribution < 1.29 is 20.8 Å². The van der Waals surface area contributed by atoms with Crippen LogP contribution in [0.4, 0.5) is 0 Å². The van der Waals surface area contributed by atoms with Crippen molar-refractivity contribution in [2.75, 3.05) is 0 Å². The van der Waals surface area contributed by atoms with Crippen molar-refractivity contribution in [2.45, 2.75) is 90.1 Å². The average molecular weight is 895 g/mol. The maximum atomic E-state index is 4.93. The predicted octanol–water partition coefficient (Wildman–Crippen LogP) is 17.2. The summed E-state index contributed by atoms with van der Waals surface area (Å²) in [7, 11) is 11.0.